The largest absolute Gasteiger partial charge is 0.462 e. The van der Waals surface area contributed by atoms with Crippen molar-refractivity contribution < 1.29 is 19.1 Å². The van der Waals surface area contributed by atoms with Gasteiger partial charge >= 0.3 is 5.97 Å². The van der Waals surface area contributed by atoms with Crippen LogP contribution >= 0.6 is 0 Å². The zero-order chi connectivity index (χ0) is 15.9. The first-order valence-corrected chi connectivity index (χ1v) is 6.81. The molecule has 6 nitrogen and oxygen atoms in total. The molecular weight excluding hydrogens is 284 g/mol. The summed E-state index contributed by atoms with van der Waals surface area (Å²) in [6.07, 6.45) is 2.36. The first-order chi connectivity index (χ1) is 10.6. The Morgan fingerprint density at radius 3 is 2.59 bits per heavy atom. The van der Waals surface area contributed by atoms with Crippen molar-refractivity contribution in [3.63, 3.8) is 0 Å². The minimum Gasteiger partial charge on any atom is -0.462 e. The molecule has 1 N–H and O–H groups in total. The van der Waals surface area contributed by atoms with Crippen molar-refractivity contribution >= 4 is 23.9 Å². The van der Waals surface area contributed by atoms with Gasteiger partial charge < -0.3 is 14.6 Å². The Morgan fingerprint density at radius 1 is 1.23 bits per heavy atom. The van der Waals surface area contributed by atoms with Gasteiger partial charge in [0, 0.05) is 11.9 Å². The monoisotopic (exact) mass is 300 g/mol. The number of rotatable bonds is 6. The third kappa shape index (κ3) is 3.82. The molecule has 0 fully saturated rings. The molecule has 1 amide bonds. The molecule has 2 aromatic rings. The Kier molecular flexibility index (Phi) is 5.08. The van der Waals surface area contributed by atoms with Crippen LogP contribution in [0.2, 0.25) is 0 Å². The highest BCUT2D eigenvalue weighted by Crippen LogP contribution is 2.11. The number of carbonyl (C=O) groups excluding carboxylic acids is 3. The van der Waals surface area contributed by atoms with Crippen LogP contribution in [0.25, 0.3) is 0 Å². The molecule has 0 saturated heterocycles. The van der Waals surface area contributed by atoms with E-state index in [1.54, 1.807) is 54.1 Å². The Morgan fingerprint density at radius 2 is 1.95 bits per heavy atom. The van der Waals surface area contributed by atoms with Gasteiger partial charge in [0.1, 0.15) is 6.54 Å². The topological polar surface area (TPSA) is 77.4 Å². The molecule has 2 rings (SSSR count). The van der Waals surface area contributed by atoms with E-state index in [1.807, 2.05) is 0 Å². The number of nitrogens with one attached hydrogen (secondary N) is 1. The number of nitrogens with zero attached hydrogens (tertiary/aromatic N) is 1. The van der Waals surface area contributed by atoms with Crippen molar-refractivity contribution in [3.8, 4) is 0 Å². The lowest BCUT2D eigenvalue weighted by atomic mass is 10.2. The summed E-state index contributed by atoms with van der Waals surface area (Å²) in [6.45, 7) is 2.09. The van der Waals surface area contributed by atoms with Crippen LogP contribution in [-0.4, -0.2) is 29.3 Å². The molecule has 1 aromatic heterocycles. The van der Waals surface area contributed by atoms with Crippen molar-refractivity contribution in [3.05, 3.63) is 53.9 Å². The molecule has 0 spiro atoms. The molecule has 0 bridgehead atoms. The van der Waals surface area contributed by atoms with Gasteiger partial charge in [-0.1, -0.05) is 0 Å². The highest BCUT2D eigenvalue weighted by Gasteiger charge is 2.08. The second-order valence-electron chi connectivity index (χ2n) is 4.52. The van der Waals surface area contributed by atoms with Crippen molar-refractivity contribution in [2.24, 2.45) is 0 Å². The van der Waals surface area contributed by atoms with Gasteiger partial charge in [0.15, 0.2) is 6.29 Å². The smallest absolute Gasteiger partial charge is 0.338 e. The number of amides is 1. The molecule has 0 aliphatic heterocycles. The number of hydrogen-bond donors (Lipinski definition) is 1. The van der Waals surface area contributed by atoms with Gasteiger partial charge in [-0.2, -0.15) is 0 Å². The molecule has 22 heavy (non-hydrogen) atoms. The summed E-state index contributed by atoms with van der Waals surface area (Å²) in [6, 6.07) is 9.75. The van der Waals surface area contributed by atoms with Gasteiger partial charge in [-0.25, -0.2) is 4.79 Å². The number of esters is 1. The number of hydrogen-bond acceptors (Lipinski definition) is 4. The van der Waals surface area contributed by atoms with Crippen LogP contribution < -0.4 is 5.32 Å². The molecular formula is C16H16N2O4. The van der Waals surface area contributed by atoms with E-state index in [9.17, 15) is 14.4 Å². The van der Waals surface area contributed by atoms with Crippen LogP contribution in [0, 0.1) is 0 Å². The maximum Gasteiger partial charge on any atom is 0.338 e. The van der Waals surface area contributed by atoms with E-state index in [0.717, 1.165) is 0 Å². The predicted molar refractivity (Wildman–Crippen MR) is 80.8 cm³/mol. The molecule has 1 aromatic carbocycles. The average Bonchev–Trinajstić information content (AvgIpc) is 2.95. The Balaban J connectivity index is 1.97. The number of anilines is 1. The molecule has 1 heterocycles. The Labute approximate surface area is 127 Å². The lowest BCUT2D eigenvalue weighted by Gasteiger charge is -2.08. The zero-order valence-electron chi connectivity index (χ0n) is 12.1. The first kappa shape index (κ1) is 15.5. The molecule has 0 aliphatic carbocycles. The van der Waals surface area contributed by atoms with Gasteiger partial charge in [0.05, 0.1) is 17.9 Å². The number of ether oxygens (including phenoxy) is 1. The van der Waals surface area contributed by atoms with E-state index >= 15 is 0 Å². The van der Waals surface area contributed by atoms with Crippen molar-refractivity contribution in [2.75, 3.05) is 11.9 Å². The second kappa shape index (κ2) is 7.21. The van der Waals surface area contributed by atoms with Gasteiger partial charge in [0.2, 0.25) is 5.91 Å². The molecule has 0 radical (unpaired) electrons. The highest BCUT2D eigenvalue weighted by molar-refractivity contribution is 5.93. The number of aldehydes is 1. The van der Waals surface area contributed by atoms with E-state index in [1.165, 1.54) is 0 Å². The minimum atomic E-state index is -0.400. The van der Waals surface area contributed by atoms with Crippen molar-refractivity contribution in [1.29, 1.82) is 0 Å². The van der Waals surface area contributed by atoms with Crippen LogP contribution in [0.3, 0.4) is 0 Å². The maximum absolute atomic E-state index is 11.9. The van der Waals surface area contributed by atoms with E-state index < -0.39 is 5.97 Å². The molecule has 114 valence electrons. The third-order valence-electron chi connectivity index (χ3n) is 2.98. The molecule has 0 atom stereocenters. The molecule has 0 unspecified atom stereocenters. The zero-order valence-corrected chi connectivity index (χ0v) is 12.1. The van der Waals surface area contributed by atoms with E-state index in [4.69, 9.17) is 4.74 Å². The van der Waals surface area contributed by atoms with Gasteiger partial charge in [-0.3, -0.25) is 9.59 Å². The van der Waals surface area contributed by atoms with Gasteiger partial charge in [0.25, 0.3) is 0 Å². The summed E-state index contributed by atoms with van der Waals surface area (Å²) in [5.41, 5.74) is 1.43. The standard InChI is InChI=1S/C16H16N2O4/c1-2-22-16(21)12-5-7-13(8-6-12)17-15(20)10-18-9-3-4-14(18)11-19/h3-9,11H,2,10H2,1H3,(H,17,20). The fourth-order valence-corrected chi connectivity index (χ4v) is 1.94. The minimum absolute atomic E-state index is 0.0424. The first-order valence-electron chi connectivity index (χ1n) is 6.81. The molecule has 0 aliphatic rings. The highest BCUT2D eigenvalue weighted by atomic mass is 16.5. The Hall–Kier alpha value is -2.89. The number of carbonyl (C=O) groups is 3. The Bertz CT molecular complexity index is 674. The van der Waals surface area contributed by atoms with Crippen LogP contribution in [0.15, 0.2) is 42.6 Å². The van der Waals surface area contributed by atoms with Gasteiger partial charge in [-0.15, -0.1) is 0 Å². The average molecular weight is 300 g/mol. The SMILES string of the molecule is CCOC(=O)c1ccc(NC(=O)Cn2cccc2C=O)cc1. The van der Waals surface area contributed by atoms with Crippen LogP contribution in [0.1, 0.15) is 27.8 Å². The van der Waals surface area contributed by atoms with E-state index in [2.05, 4.69) is 5.32 Å². The molecule has 6 heteroatoms. The molecule has 0 saturated carbocycles. The van der Waals surface area contributed by atoms with E-state index in [-0.39, 0.29) is 12.5 Å². The summed E-state index contributed by atoms with van der Waals surface area (Å²) < 4.78 is 6.43. The fourth-order valence-electron chi connectivity index (χ4n) is 1.94. The maximum atomic E-state index is 11.9. The fraction of sp³-hybridized carbons (Fsp3) is 0.188. The number of benzene rings is 1. The van der Waals surface area contributed by atoms with Gasteiger partial charge in [-0.05, 0) is 43.3 Å². The lowest BCUT2D eigenvalue weighted by Crippen LogP contribution is -2.19. The third-order valence-corrected chi connectivity index (χ3v) is 2.98. The summed E-state index contributed by atoms with van der Waals surface area (Å²) in [5, 5.41) is 2.70. The second-order valence-corrected chi connectivity index (χ2v) is 4.52. The summed E-state index contributed by atoms with van der Waals surface area (Å²) >= 11 is 0. The van der Waals surface area contributed by atoms with Crippen molar-refractivity contribution in [1.82, 2.24) is 4.57 Å². The van der Waals surface area contributed by atoms with Crippen LogP contribution in [-0.2, 0) is 16.1 Å². The summed E-state index contributed by atoms with van der Waals surface area (Å²) in [5.74, 6) is -0.661. The van der Waals surface area contributed by atoms with Crippen molar-refractivity contribution in [2.45, 2.75) is 13.5 Å². The summed E-state index contributed by atoms with van der Waals surface area (Å²) in [7, 11) is 0. The summed E-state index contributed by atoms with van der Waals surface area (Å²) in [4.78, 5) is 34.2. The number of aromatic nitrogens is 1. The quantitative estimate of drug-likeness (QED) is 0.655. The van der Waals surface area contributed by atoms with E-state index in [0.29, 0.717) is 29.8 Å². The van der Waals surface area contributed by atoms with Crippen LogP contribution in [0.4, 0.5) is 5.69 Å². The van der Waals surface area contributed by atoms with Crippen LogP contribution in [0.5, 0.6) is 0 Å². The predicted octanol–water partition coefficient (Wildman–Crippen LogP) is 2.12. The normalized spacial score (nSPS) is 10.0. The lowest BCUT2D eigenvalue weighted by molar-refractivity contribution is -0.116.